The van der Waals surface area contributed by atoms with Crippen LogP contribution in [0.25, 0.3) is 6.08 Å². The summed E-state index contributed by atoms with van der Waals surface area (Å²) in [6, 6.07) is 15.3. The molecule has 5 nitrogen and oxygen atoms in total. The highest BCUT2D eigenvalue weighted by atomic mass is 19.3. The average molecular weight is 374 g/mol. The quantitative estimate of drug-likeness (QED) is 0.685. The number of hydrogen-bond donors (Lipinski definition) is 1. The van der Waals surface area contributed by atoms with Crippen molar-refractivity contribution < 1.29 is 23.1 Å². The van der Waals surface area contributed by atoms with Crippen LogP contribution in [0.5, 0.6) is 5.75 Å². The highest BCUT2D eigenvalue weighted by molar-refractivity contribution is 5.92. The second-order valence-electron chi connectivity index (χ2n) is 5.74. The zero-order valence-corrected chi connectivity index (χ0v) is 14.6. The van der Waals surface area contributed by atoms with E-state index in [-0.39, 0.29) is 24.6 Å². The molecule has 0 heterocycles. The van der Waals surface area contributed by atoms with Gasteiger partial charge in [0.15, 0.2) is 0 Å². The smallest absolute Gasteiger partial charge is 0.387 e. The number of nitrogens with zero attached hydrogens (tertiary/aromatic N) is 1. The van der Waals surface area contributed by atoms with Gasteiger partial charge in [-0.25, -0.2) is 0 Å². The largest absolute Gasteiger partial charge is 0.435 e. The van der Waals surface area contributed by atoms with Gasteiger partial charge >= 0.3 is 6.61 Å². The third-order valence-electron chi connectivity index (χ3n) is 3.68. The molecule has 7 heteroatoms. The summed E-state index contributed by atoms with van der Waals surface area (Å²) in [7, 11) is 0. The molecule has 0 atom stereocenters. The van der Waals surface area contributed by atoms with Crippen molar-refractivity contribution in [3.63, 3.8) is 0 Å². The Morgan fingerprint density at radius 3 is 2.33 bits per heavy atom. The van der Waals surface area contributed by atoms with Gasteiger partial charge in [0.2, 0.25) is 11.8 Å². The molecule has 0 aliphatic rings. The van der Waals surface area contributed by atoms with Crippen molar-refractivity contribution in [3.05, 3.63) is 71.8 Å². The van der Waals surface area contributed by atoms with E-state index in [2.05, 4.69) is 4.74 Å². The number of rotatable bonds is 9. The zero-order chi connectivity index (χ0) is 19.6. The Hall–Kier alpha value is -3.22. The first-order valence-electron chi connectivity index (χ1n) is 8.28. The van der Waals surface area contributed by atoms with Crippen LogP contribution in [-0.2, 0) is 16.1 Å². The van der Waals surface area contributed by atoms with E-state index in [1.165, 1.54) is 23.1 Å². The first-order valence-corrected chi connectivity index (χ1v) is 8.28. The summed E-state index contributed by atoms with van der Waals surface area (Å²) in [6.45, 7) is -2.34. The van der Waals surface area contributed by atoms with Gasteiger partial charge in [-0.3, -0.25) is 9.59 Å². The van der Waals surface area contributed by atoms with Crippen LogP contribution in [-0.4, -0.2) is 29.9 Å². The summed E-state index contributed by atoms with van der Waals surface area (Å²) in [5, 5.41) is 0. The lowest BCUT2D eigenvalue weighted by atomic mass is 10.2. The molecule has 0 unspecified atom stereocenters. The van der Waals surface area contributed by atoms with Gasteiger partial charge in [-0.2, -0.15) is 8.78 Å². The zero-order valence-electron chi connectivity index (χ0n) is 14.6. The van der Waals surface area contributed by atoms with Crippen molar-refractivity contribution in [1.29, 1.82) is 0 Å². The normalized spacial score (nSPS) is 10.9. The maximum Gasteiger partial charge on any atom is 0.387 e. The Bertz CT molecular complexity index is 778. The van der Waals surface area contributed by atoms with Crippen LogP contribution in [0, 0.1) is 0 Å². The number of ether oxygens (including phenoxy) is 1. The summed E-state index contributed by atoms with van der Waals surface area (Å²) in [5.74, 6) is -0.729. The van der Waals surface area contributed by atoms with E-state index in [0.717, 1.165) is 5.56 Å². The fourth-order valence-corrected chi connectivity index (χ4v) is 2.35. The van der Waals surface area contributed by atoms with E-state index in [0.29, 0.717) is 12.1 Å². The number of benzene rings is 2. The molecule has 2 N–H and O–H groups in total. The number of hydrogen-bond acceptors (Lipinski definition) is 3. The predicted molar refractivity (Wildman–Crippen MR) is 97.8 cm³/mol. The van der Waals surface area contributed by atoms with Crippen LogP contribution in [0.4, 0.5) is 8.78 Å². The van der Waals surface area contributed by atoms with Crippen LogP contribution < -0.4 is 10.5 Å². The third kappa shape index (κ3) is 7.27. The van der Waals surface area contributed by atoms with Crippen molar-refractivity contribution >= 4 is 17.9 Å². The lowest BCUT2D eigenvalue weighted by Gasteiger charge is -2.20. The number of nitrogens with two attached hydrogens (primary N) is 1. The third-order valence-corrected chi connectivity index (χ3v) is 3.68. The van der Waals surface area contributed by atoms with Gasteiger partial charge in [0.05, 0.1) is 0 Å². The molecule has 2 amide bonds. The first-order chi connectivity index (χ1) is 12.9. The van der Waals surface area contributed by atoms with Gasteiger partial charge in [-0.1, -0.05) is 42.5 Å². The van der Waals surface area contributed by atoms with E-state index in [4.69, 9.17) is 5.73 Å². The van der Waals surface area contributed by atoms with Crippen molar-refractivity contribution in [2.45, 2.75) is 19.6 Å². The molecule has 142 valence electrons. The fourth-order valence-electron chi connectivity index (χ4n) is 2.35. The van der Waals surface area contributed by atoms with Gasteiger partial charge in [-0.15, -0.1) is 0 Å². The Morgan fingerprint density at radius 2 is 1.74 bits per heavy atom. The number of halogens is 2. The Balaban J connectivity index is 2.04. The molecular formula is C20H20F2N2O3. The Morgan fingerprint density at radius 1 is 1.07 bits per heavy atom. The molecule has 0 aromatic heterocycles. The van der Waals surface area contributed by atoms with E-state index in [9.17, 15) is 18.4 Å². The van der Waals surface area contributed by atoms with Gasteiger partial charge in [0.1, 0.15) is 5.75 Å². The number of carbonyl (C=O) groups excluding carboxylic acids is 2. The molecule has 27 heavy (non-hydrogen) atoms. The van der Waals surface area contributed by atoms with Crippen LogP contribution >= 0.6 is 0 Å². The minimum atomic E-state index is -2.88. The van der Waals surface area contributed by atoms with E-state index >= 15 is 0 Å². The summed E-state index contributed by atoms with van der Waals surface area (Å²) < 4.78 is 28.6. The molecule has 0 radical (unpaired) electrons. The van der Waals surface area contributed by atoms with Crippen LogP contribution in [0.15, 0.2) is 60.7 Å². The SMILES string of the molecule is NC(=O)CCN(Cc1ccccc1)C(=O)/C=C/c1ccc(OC(F)F)cc1. The number of carbonyl (C=O) groups is 2. The van der Waals surface area contributed by atoms with Gasteiger partial charge < -0.3 is 15.4 Å². The highest BCUT2D eigenvalue weighted by Gasteiger charge is 2.12. The van der Waals surface area contributed by atoms with Gasteiger partial charge in [0, 0.05) is 25.6 Å². The minimum absolute atomic E-state index is 0.0423. The molecule has 2 aromatic carbocycles. The summed E-state index contributed by atoms with van der Waals surface area (Å²) in [5.41, 5.74) is 6.77. The molecule has 0 spiro atoms. The topological polar surface area (TPSA) is 72.6 Å². The molecule has 0 aliphatic heterocycles. The van der Waals surface area contributed by atoms with Crippen LogP contribution in [0.3, 0.4) is 0 Å². The van der Waals surface area contributed by atoms with E-state index in [1.54, 1.807) is 18.2 Å². The van der Waals surface area contributed by atoms with Crippen molar-refractivity contribution in [1.82, 2.24) is 4.90 Å². The molecule has 2 aromatic rings. The summed E-state index contributed by atoms with van der Waals surface area (Å²) in [4.78, 5) is 25.1. The standard InChI is InChI=1S/C20H20F2N2O3/c21-20(22)27-17-9-6-15(7-10-17)8-11-19(26)24(13-12-18(23)25)14-16-4-2-1-3-5-16/h1-11,20H,12-14H2,(H2,23,25)/b11-8+. The predicted octanol–water partition coefficient (Wildman–Crippen LogP) is 3.21. The molecule has 0 aliphatic carbocycles. The average Bonchev–Trinajstić information content (AvgIpc) is 2.64. The lowest BCUT2D eigenvalue weighted by molar-refractivity contribution is -0.127. The maximum atomic E-state index is 12.5. The van der Waals surface area contributed by atoms with Gasteiger partial charge in [-0.05, 0) is 29.3 Å². The summed E-state index contributed by atoms with van der Waals surface area (Å²) in [6.07, 6.45) is 3.00. The number of primary amides is 1. The Kier molecular flexibility index (Phi) is 7.49. The molecule has 0 saturated heterocycles. The Labute approximate surface area is 156 Å². The maximum absolute atomic E-state index is 12.5. The highest BCUT2D eigenvalue weighted by Crippen LogP contribution is 2.16. The molecule has 2 rings (SSSR count). The van der Waals surface area contributed by atoms with E-state index in [1.807, 2.05) is 30.3 Å². The number of alkyl halides is 2. The number of amides is 2. The first kappa shape index (κ1) is 20.1. The molecule has 0 saturated carbocycles. The van der Waals surface area contributed by atoms with E-state index < -0.39 is 12.5 Å². The molecule has 0 fully saturated rings. The van der Waals surface area contributed by atoms with Crippen molar-refractivity contribution in [2.24, 2.45) is 5.73 Å². The monoisotopic (exact) mass is 374 g/mol. The van der Waals surface area contributed by atoms with Crippen LogP contribution in [0.2, 0.25) is 0 Å². The second kappa shape index (κ2) is 10.1. The molecule has 0 bridgehead atoms. The van der Waals surface area contributed by atoms with Crippen molar-refractivity contribution in [3.8, 4) is 5.75 Å². The second-order valence-corrected chi connectivity index (χ2v) is 5.74. The fraction of sp³-hybridized carbons (Fsp3) is 0.200. The minimum Gasteiger partial charge on any atom is -0.435 e. The molecular weight excluding hydrogens is 354 g/mol. The van der Waals surface area contributed by atoms with Crippen molar-refractivity contribution in [2.75, 3.05) is 6.54 Å². The lowest BCUT2D eigenvalue weighted by Crippen LogP contribution is -2.32. The summed E-state index contributed by atoms with van der Waals surface area (Å²) >= 11 is 0. The van der Waals surface area contributed by atoms with Crippen LogP contribution in [0.1, 0.15) is 17.5 Å². The van der Waals surface area contributed by atoms with Gasteiger partial charge in [0.25, 0.3) is 0 Å².